The molecule has 0 saturated heterocycles. The van der Waals surface area contributed by atoms with Crippen LogP contribution < -0.4 is 4.74 Å². The molecule has 0 saturated carbocycles. The SMILES string of the molecule is CCCCOc1ccc(C(=N[S+]([O-])C(C)(C)C)C(F)(F)F)c(Cl)c1. The summed E-state index contributed by atoms with van der Waals surface area (Å²) in [6.07, 6.45) is -3.00. The van der Waals surface area contributed by atoms with Gasteiger partial charge in [0.05, 0.1) is 11.6 Å². The first-order chi connectivity index (χ1) is 11.0. The van der Waals surface area contributed by atoms with Crippen molar-refractivity contribution in [3.8, 4) is 5.75 Å². The fraction of sp³-hybridized carbons (Fsp3) is 0.562. The first-order valence-corrected chi connectivity index (χ1v) is 8.96. The van der Waals surface area contributed by atoms with Crippen LogP contribution in [0.5, 0.6) is 5.75 Å². The fourth-order valence-electron chi connectivity index (χ4n) is 1.59. The van der Waals surface area contributed by atoms with Crippen molar-refractivity contribution in [2.24, 2.45) is 4.40 Å². The molecular formula is C16H21ClF3NO2S. The van der Waals surface area contributed by atoms with Crippen molar-refractivity contribution in [3.63, 3.8) is 0 Å². The Balaban J connectivity index is 3.19. The van der Waals surface area contributed by atoms with Gasteiger partial charge in [0, 0.05) is 5.56 Å². The van der Waals surface area contributed by atoms with Crippen LogP contribution in [-0.2, 0) is 11.4 Å². The van der Waals surface area contributed by atoms with Crippen molar-refractivity contribution in [3.05, 3.63) is 28.8 Å². The van der Waals surface area contributed by atoms with Crippen LogP contribution in [0.25, 0.3) is 0 Å². The quantitative estimate of drug-likeness (QED) is 0.378. The van der Waals surface area contributed by atoms with Gasteiger partial charge < -0.3 is 9.29 Å². The molecule has 8 heteroatoms. The molecular weight excluding hydrogens is 363 g/mol. The molecule has 0 heterocycles. The maximum absolute atomic E-state index is 13.3. The third kappa shape index (κ3) is 6.18. The fourth-order valence-corrected chi connectivity index (χ4v) is 2.49. The number of ether oxygens (including phenoxy) is 1. The van der Waals surface area contributed by atoms with Gasteiger partial charge in [0.15, 0.2) is 0 Å². The van der Waals surface area contributed by atoms with Gasteiger partial charge in [-0.25, -0.2) is 0 Å². The van der Waals surface area contributed by atoms with Crippen LogP contribution in [0.1, 0.15) is 46.1 Å². The van der Waals surface area contributed by atoms with Crippen LogP contribution in [0.2, 0.25) is 5.02 Å². The van der Waals surface area contributed by atoms with Gasteiger partial charge in [-0.2, -0.15) is 13.2 Å². The molecule has 1 aromatic rings. The number of nitrogens with zero attached hydrogens (tertiary/aromatic N) is 1. The largest absolute Gasteiger partial charge is 0.591 e. The maximum atomic E-state index is 13.3. The van der Waals surface area contributed by atoms with Crippen LogP contribution in [0.3, 0.4) is 0 Å². The average Bonchev–Trinajstić information content (AvgIpc) is 2.43. The second-order valence-electron chi connectivity index (χ2n) is 6.14. The van der Waals surface area contributed by atoms with Gasteiger partial charge in [-0.1, -0.05) is 29.3 Å². The van der Waals surface area contributed by atoms with E-state index in [4.69, 9.17) is 16.3 Å². The molecule has 0 amide bonds. The van der Waals surface area contributed by atoms with Crippen molar-refractivity contribution in [2.45, 2.75) is 51.5 Å². The lowest BCUT2D eigenvalue weighted by molar-refractivity contribution is -0.0578. The van der Waals surface area contributed by atoms with E-state index in [1.165, 1.54) is 18.2 Å². The molecule has 1 unspecified atom stereocenters. The lowest BCUT2D eigenvalue weighted by Crippen LogP contribution is -2.31. The summed E-state index contributed by atoms with van der Waals surface area (Å²) in [5.41, 5.74) is -1.56. The zero-order valence-corrected chi connectivity index (χ0v) is 15.6. The number of hydrogen-bond acceptors (Lipinski definition) is 3. The Hall–Kier alpha value is -0.920. The van der Waals surface area contributed by atoms with Crippen LogP contribution in [0.15, 0.2) is 22.6 Å². The summed E-state index contributed by atoms with van der Waals surface area (Å²) < 4.78 is 59.9. The van der Waals surface area contributed by atoms with E-state index in [0.29, 0.717) is 12.4 Å². The summed E-state index contributed by atoms with van der Waals surface area (Å²) in [4.78, 5) is 0. The number of rotatable bonds is 6. The highest BCUT2D eigenvalue weighted by Crippen LogP contribution is 2.32. The molecule has 0 aromatic heterocycles. The minimum Gasteiger partial charge on any atom is -0.591 e. The summed E-state index contributed by atoms with van der Waals surface area (Å²) in [5, 5.41) is -0.147. The van der Waals surface area contributed by atoms with Crippen LogP contribution in [0.4, 0.5) is 13.2 Å². The van der Waals surface area contributed by atoms with Gasteiger partial charge in [-0.3, -0.25) is 0 Å². The lowest BCUT2D eigenvalue weighted by Gasteiger charge is -2.20. The summed E-state index contributed by atoms with van der Waals surface area (Å²) in [6.45, 7) is 7.11. The Morgan fingerprint density at radius 2 is 1.92 bits per heavy atom. The van der Waals surface area contributed by atoms with Crippen molar-refractivity contribution in [1.82, 2.24) is 0 Å². The summed E-state index contributed by atoms with van der Waals surface area (Å²) in [5.74, 6) is 0.385. The monoisotopic (exact) mass is 383 g/mol. The van der Waals surface area contributed by atoms with Crippen molar-refractivity contribution in [1.29, 1.82) is 0 Å². The topological polar surface area (TPSA) is 44.6 Å². The smallest absolute Gasteiger partial charge is 0.438 e. The highest BCUT2D eigenvalue weighted by Gasteiger charge is 2.42. The highest BCUT2D eigenvalue weighted by atomic mass is 35.5. The molecule has 0 aliphatic rings. The van der Waals surface area contributed by atoms with Gasteiger partial charge in [0.25, 0.3) is 0 Å². The molecule has 1 aromatic carbocycles. The molecule has 0 aliphatic carbocycles. The number of unbranched alkanes of at least 4 members (excludes halogenated alkanes) is 1. The Morgan fingerprint density at radius 3 is 2.38 bits per heavy atom. The van der Waals surface area contributed by atoms with Crippen molar-refractivity contribution in [2.75, 3.05) is 6.61 Å². The zero-order valence-electron chi connectivity index (χ0n) is 14.0. The van der Waals surface area contributed by atoms with E-state index >= 15 is 0 Å². The van der Waals surface area contributed by atoms with E-state index in [1.54, 1.807) is 20.8 Å². The van der Waals surface area contributed by atoms with Crippen molar-refractivity contribution < 1.29 is 22.5 Å². The van der Waals surface area contributed by atoms with Gasteiger partial charge >= 0.3 is 6.18 Å². The number of halogens is 4. The zero-order chi connectivity index (χ0) is 18.5. The van der Waals surface area contributed by atoms with E-state index in [0.717, 1.165) is 12.8 Å². The normalized spacial score (nSPS) is 14.6. The third-order valence-electron chi connectivity index (χ3n) is 2.93. The van der Waals surface area contributed by atoms with Gasteiger partial charge in [-0.15, -0.1) is 0 Å². The Labute approximate surface area is 148 Å². The Bertz CT molecular complexity index is 586. The first-order valence-electron chi connectivity index (χ1n) is 7.47. The Kier molecular flexibility index (Phi) is 7.44. The molecule has 0 aliphatic heterocycles. The van der Waals surface area contributed by atoms with E-state index in [1.807, 2.05) is 6.92 Å². The van der Waals surface area contributed by atoms with Crippen LogP contribution >= 0.6 is 11.6 Å². The minimum atomic E-state index is -4.77. The second kappa shape index (κ2) is 8.45. The van der Waals surface area contributed by atoms with E-state index in [9.17, 15) is 17.7 Å². The number of hydrogen-bond donors (Lipinski definition) is 0. The van der Waals surface area contributed by atoms with Gasteiger partial charge in [0.2, 0.25) is 5.71 Å². The summed E-state index contributed by atoms with van der Waals surface area (Å²) >= 11 is 3.92. The minimum absolute atomic E-state index is 0.147. The molecule has 0 spiro atoms. The predicted octanol–water partition coefficient (Wildman–Crippen LogP) is 5.33. The van der Waals surface area contributed by atoms with E-state index in [-0.39, 0.29) is 10.6 Å². The maximum Gasteiger partial charge on any atom is 0.438 e. The molecule has 136 valence electrons. The molecule has 24 heavy (non-hydrogen) atoms. The van der Waals surface area contributed by atoms with E-state index in [2.05, 4.69) is 4.40 Å². The van der Waals surface area contributed by atoms with E-state index < -0.39 is 28.0 Å². The summed E-state index contributed by atoms with van der Waals surface area (Å²) in [6, 6.07) is 3.90. The van der Waals surface area contributed by atoms with Gasteiger partial charge in [0.1, 0.15) is 21.9 Å². The lowest BCUT2D eigenvalue weighted by atomic mass is 10.1. The molecule has 1 atom stereocenters. The average molecular weight is 384 g/mol. The first kappa shape index (κ1) is 21.1. The Morgan fingerprint density at radius 1 is 1.29 bits per heavy atom. The summed E-state index contributed by atoms with van der Waals surface area (Å²) in [7, 11) is 0. The third-order valence-corrected chi connectivity index (χ3v) is 4.64. The molecule has 3 nitrogen and oxygen atoms in total. The molecule has 0 fully saturated rings. The molecule has 0 radical (unpaired) electrons. The molecule has 0 bridgehead atoms. The molecule has 0 N–H and O–H groups in total. The number of alkyl halides is 3. The highest BCUT2D eigenvalue weighted by molar-refractivity contribution is 7.91. The number of benzene rings is 1. The van der Waals surface area contributed by atoms with Crippen molar-refractivity contribution >= 4 is 28.7 Å². The van der Waals surface area contributed by atoms with Gasteiger partial charge in [-0.05, 0) is 45.4 Å². The predicted molar refractivity (Wildman–Crippen MR) is 92.3 cm³/mol. The second-order valence-corrected chi connectivity index (χ2v) is 8.46. The van der Waals surface area contributed by atoms with Crippen LogP contribution in [0, 0.1) is 0 Å². The molecule has 1 rings (SSSR count). The standard InChI is InChI=1S/C16H21ClF3NO2S/c1-5-6-9-23-11-7-8-12(13(17)10-11)14(16(18,19)20)21-24(22)15(2,3)4/h7-8,10H,5-6,9H2,1-4H3. The van der Waals surface area contributed by atoms with Crippen LogP contribution in [-0.4, -0.2) is 27.8 Å².